The fraction of sp³-hybridized carbons (Fsp3) is 0.176. The first-order valence-electron chi connectivity index (χ1n) is 7.81. The number of amides is 1. The highest BCUT2D eigenvalue weighted by Gasteiger charge is 2.33. The summed E-state index contributed by atoms with van der Waals surface area (Å²) in [7, 11) is -0.855. The molecule has 0 fully saturated rings. The van der Waals surface area contributed by atoms with Crippen molar-refractivity contribution in [3.63, 3.8) is 0 Å². The van der Waals surface area contributed by atoms with Gasteiger partial charge >= 0.3 is 6.18 Å². The summed E-state index contributed by atoms with van der Waals surface area (Å²) >= 11 is 0.916. The minimum absolute atomic E-state index is 0.0155. The van der Waals surface area contributed by atoms with E-state index in [-0.39, 0.29) is 25.8 Å². The zero-order valence-corrected chi connectivity index (χ0v) is 16.2. The third-order valence-electron chi connectivity index (χ3n) is 3.84. The van der Waals surface area contributed by atoms with Gasteiger partial charge in [-0.15, -0.1) is 0 Å². The maximum Gasteiger partial charge on any atom is 0.418 e. The number of carbonyl (C=O) groups is 1. The normalized spacial score (nSPS) is 12.5. The van der Waals surface area contributed by atoms with Gasteiger partial charge in [-0.2, -0.15) is 13.2 Å². The highest BCUT2D eigenvalue weighted by atomic mass is 32.2. The molecule has 1 N–H and O–H groups in total. The Morgan fingerprint density at radius 3 is 2.32 bits per heavy atom. The van der Waals surface area contributed by atoms with Crippen LogP contribution in [0.2, 0.25) is 0 Å². The van der Waals surface area contributed by atoms with E-state index in [9.17, 15) is 26.4 Å². The monoisotopic (exact) mass is 429 g/mol. The lowest BCUT2D eigenvalue weighted by Crippen LogP contribution is -2.22. The molecule has 0 spiro atoms. The van der Waals surface area contributed by atoms with Crippen molar-refractivity contribution < 1.29 is 26.4 Å². The van der Waals surface area contributed by atoms with Crippen molar-refractivity contribution in [2.75, 3.05) is 19.4 Å². The molecule has 0 saturated heterocycles. The van der Waals surface area contributed by atoms with Gasteiger partial charge in [-0.05, 0) is 36.4 Å². The number of rotatable bonds is 4. The highest BCUT2D eigenvalue weighted by molar-refractivity contribution is 7.89. The van der Waals surface area contributed by atoms with Crippen molar-refractivity contribution >= 4 is 42.6 Å². The molecule has 0 aliphatic carbocycles. The smallest absolute Gasteiger partial charge is 0.298 e. The average Bonchev–Trinajstić information content (AvgIpc) is 3.02. The van der Waals surface area contributed by atoms with E-state index in [0.717, 1.165) is 21.7 Å². The number of aromatic nitrogens is 1. The maximum absolute atomic E-state index is 13.1. The zero-order valence-electron chi connectivity index (χ0n) is 14.6. The molecule has 0 aliphatic heterocycles. The number of benzene rings is 2. The molecule has 3 aromatic rings. The van der Waals surface area contributed by atoms with E-state index in [4.69, 9.17) is 0 Å². The standard InChI is InChI=1S/C17H14F3N3O3S2/c1-23(2)28(25,26)11-8-6-10(7-9-11)15(24)22-16-21-14-12(17(18,19)20)4-3-5-13(14)27-16/h3-9H,1-2H3,(H,21,22,24). The summed E-state index contributed by atoms with van der Waals surface area (Å²) in [5.41, 5.74) is -0.962. The van der Waals surface area contributed by atoms with E-state index in [2.05, 4.69) is 10.3 Å². The van der Waals surface area contributed by atoms with Crippen LogP contribution in [-0.4, -0.2) is 37.7 Å². The SMILES string of the molecule is CN(C)S(=O)(=O)c1ccc(C(=O)Nc2nc3c(C(F)(F)F)cccc3s2)cc1. The van der Waals surface area contributed by atoms with E-state index in [1.807, 2.05) is 0 Å². The van der Waals surface area contributed by atoms with Crippen LogP contribution in [0.3, 0.4) is 0 Å². The second-order valence-electron chi connectivity index (χ2n) is 5.94. The Labute approximate surface area is 162 Å². The van der Waals surface area contributed by atoms with E-state index < -0.39 is 27.7 Å². The Bertz CT molecular complexity index is 1140. The van der Waals surface area contributed by atoms with E-state index in [1.54, 1.807) is 0 Å². The summed E-state index contributed by atoms with van der Waals surface area (Å²) in [6.07, 6.45) is -4.55. The number of halogens is 3. The van der Waals surface area contributed by atoms with Crippen LogP contribution >= 0.6 is 11.3 Å². The quantitative estimate of drug-likeness (QED) is 0.684. The van der Waals surface area contributed by atoms with Crippen LogP contribution in [0, 0.1) is 0 Å². The molecule has 148 valence electrons. The van der Waals surface area contributed by atoms with Crippen molar-refractivity contribution in [1.82, 2.24) is 9.29 Å². The molecule has 0 bridgehead atoms. The number of carbonyl (C=O) groups excluding carboxylic acids is 1. The average molecular weight is 429 g/mol. The van der Waals surface area contributed by atoms with Crippen molar-refractivity contribution in [2.45, 2.75) is 11.1 Å². The van der Waals surface area contributed by atoms with Gasteiger partial charge in [-0.3, -0.25) is 10.1 Å². The Hall–Kier alpha value is -2.50. The van der Waals surface area contributed by atoms with Crippen LogP contribution in [-0.2, 0) is 16.2 Å². The number of anilines is 1. The van der Waals surface area contributed by atoms with Gasteiger partial charge in [0.05, 0.1) is 20.7 Å². The molecule has 0 atom stereocenters. The molecule has 11 heteroatoms. The van der Waals surface area contributed by atoms with Gasteiger partial charge in [0.1, 0.15) is 0 Å². The predicted octanol–water partition coefficient (Wildman–Crippen LogP) is 3.82. The summed E-state index contributed by atoms with van der Waals surface area (Å²) in [5.74, 6) is -0.610. The summed E-state index contributed by atoms with van der Waals surface area (Å²) < 4.78 is 64.6. The lowest BCUT2D eigenvalue weighted by Gasteiger charge is -2.11. The largest absolute Gasteiger partial charge is 0.418 e. The first kappa shape index (κ1) is 20.2. The van der Waals surface area contributed by atoms with Crippen molar-refractivity contribution in [2.24, 2.45) is 0 Å². The van der Waals surface area contributed by atoms with Gasteiger partial charge in [0.25, 0.3) is 5.91 Å². The van der Waals surface area contributed by atoms with Gasteiger partial charge in [-0.25, -0.2) is 17.7 Å². The molecule has 28 heavy (non-hydrogen) atoms. The molecular weight excluding hydrogens is 415 g/mol. The number of sulfonamides is 1. The number of alkyl halides is 3. The zero-order chi connectivity index (χ0) is 20.7. The van der Waals surface area contributed by atoms with Gasteiger partial charge in [0, 0.05) is 19.7 Å². The van der Waals surface area contributed by atoms with Gasteiger partial charge in [0.2, 0.25) is 10.0 Å². The molecule has 2 aromatic carbocycles. The molecule has 0 aliphatic rings. The molecule has 1 amide bonds. The van der Waals surface area contributed by atoms with Crippen molar-refractivity contribution in [3.8, 4) is 0 Å². The van der Waals surface area contributed by atoms with E-state index >= 15 is 0 Å². The van der Waals surface area contributed by atoms with Crippen LogP contribution in [0.4, 0.5) is 18.3 Å². The lowest BCUT2D eigenvalue weighted by atomic mass is 10.2. The number of fused-ring (bicyclic) bond motifs is 1. The highest BCUT2D eigenvalue weighted by Crippen LogP contribution is 2.37. The van der Waals surface area contributed by atoms with E-state index in [0.29, 0.717) is 0 Å². The minimum Gasteiger partial charge on any atom is -0.298 e. The summed E-state index contributed by atoms with van der Waals surface area (Å²) in [4.78, 5) is 16.2. The topological polar surface area (TPSA) is 79.4 Å². The fourth-order valence-electron chi connectivity index (χ4n) is 2.39. The number of thiazole rings is 1. The van der Waals surface area contributed by atoms with Crippen LogP contribution in [0.1, 0.15) is 15.9 Å². The third-order valence-corrected chi connectivity index (χ3v) is 6.61. The van der Waals surface area contributed by atoms with Crippen LogP contribution in [0.15, 0.2) is 47.4 Å². The maximum atomic E-state index is 13.1. The summed E-state index contributed by atoms with van der Waals surface area (Å²) in [6.45, 7) is 0. The van der Waals surface area contributed by atoms with Crippen LogP contribution in [0.25, 0.3) is 10.2 Å². The van der Waals surface area contributed by atoms with Gasteiger partial charge < -0.3 is 0 Å². The Kier molecular flexibility index (Phi) is 5.17. The van der Waals surface area contributed by atoms with Gasteiger partial charge in [0.15, 0.2) is 5.13 Å². The van der Waals surface area contributed by atoms with Crippen molar-refractivity contribution in [1.29, 1.82) is 0 Å². The molecule has 1 aromatic heterocycles. The number of hydrogen-bond donors (Lipinski definition) is 1. The first-order valence-corrected chi connectivity index (χ1v) is 10.1. The number of nitrogens with one attached hydrogen (secondary N) is 1. The molecule has 0 radical (unpaired) electrons. The fourth-order valence-corrected chi connectivity index (χ4v) is 4.18. The van der Waals surface area contributed by atoms with Gasteiger partial charge in [-0.1, -0.05) is 17.4 Å². The molecule has 0 saturated carbocycles. The van der Waals surface area contributed by atoms with Crippen molar-refractivity contribution in [3.05, 3.63) is 53.6 Å². The summed E-state index contributed by atoms with van der Waals surface area (Å²) in [6, 6.07) is 8.89. The van der Waals surface area contributed by atoms with Crippen LogP contribution < -0.4 is 5.32 Å². The number of hydrogen-bond acceptors (Lipinski definition) is 5. The lowest BCUT2D eigenvalue weighted by molar-refractivity contribution is -0.136. The Morgan fingerprint density at radius 2 is 1.75 bits per heavy atom. The number of para-hydroxylation sites is 1. The predicted molar refractivity (Wildman–Crippen MR) is 99.9 cm³/mol. The van der Waals surface area contributed by atoms with E-state index in [1.165, 1.54) is 50.5 Å². The molecule has 0 unspecified atom stereocenters. The number of nitrogens with zero attached hydrogens (tertiary/aromatic N) is 2. The van der Waals surface area contributed by atoms with Crippen LogP contribution in [0.5, 0.6) is 0 Å². The first-order chi connectivity index (χ1) is 13.0. The second-order valence-corrected chi connectivity index (χ2v) is 9.12. The Balaban J connectivity index is 1.86. The minimum atomic E-state index is -4.55. The summed E-state index contributed by atoms with van der Waals surface area (Å²) in [5, 5.41) is 2.46. The molecule has 3 rings (SSSR count). The molecule has 6 nitrogen and oxygen atoms in total. The third kappa shape index (κ3) is 3.86. The molecular formula is C17H14F3N3O3S2. The second kappa shape index (κ2) is 7.15. The molecule has 1 heterocycles. The Morgan fingerprint density at radius 1 is 1.11 bits per heavy atom.